The van der Waals surface area contributed by atoms with Crippen LogP contribution < -0.4 is 15.8 Å². The van der Waals surface area contributed by atoms with Gasteiger partial charge in [0.2, 0.25) is 11.6 Å². The Morgan fingerprint density at radius 2 is 2.18 bits per heavy atom. The molecule has 0 bridgehead atoms. The van der Waals surface area contributed by atoms with Gasteiger partial charge in [-0.3, -0.25) is 4.52 Å². The first-order chi connectivity index (χ1) is 13.3. The lowest BCUT2D eigenvalue weighted by molar-refractivity contribution is 0.309. The fourth-order valence-electron chi connectivity index (χ4n) is 3.05. The van der Waals surface area contributed by atoms with Crippen LogP contribution in [-0.4, -0.2) is 43.6 Å². The van der Waals surface area contributed by atoms with Crippen LogP contribution in [0.4, 0.5) is 10.2 Å². The molecule has 11 nitrogen and oxygen atoms in total. The van der Waals surface area contributed by atoms with Gasteiger partial charge in [-0.05, 0) is 40.0 Å². The van der Waals surface area contributed by atoms with Crippen molar-refractivity contribution in [3.63, 3.8) is 0 Å². The Morgan fingerprint density at radius 3 is 2.96 bits per heavy atom. The Bertz CT molecular complexity index is 1180. The summed E-state index contributed by atoms with van der Waals surface area (Å²) < 4.78 is 45.6. The quantitative estimate of drug-likeness (QED) is 0.484. The molecular formula is C15H16FN7O4S. The number of rotatable bonds is 7. The molecule has 2 heterocycles. The summed E-state index contributed by atoms with van der Waals surface area (Å²) in [5.74, 6) is -0.795. The summed E-state index contributed by atoms with van der Waals surface area (Å²) in [5.41, 5.74) is 1.76. The molecule has 1 aliphatic rings. The van der Waals surface area contributed by atoms with Crippen molar-refractivity contribution in [2.45, 2.75) is 12.5 Å². The average Bonchev–Trinajstić information content (AvgIpc) is 3.21. The van der Waals surface area contributed by atoms with Crippen LogP contribution in [0.2, 0.25) is 0 Å². The van der Waals surface area contributed by atoms with E-state index in [-0.39, 0.29) is 30.4 Å². The van der Waals surface area contributed by atoms with Crippen LogP contribution in [0.5, 0.6) is 0 Å². The Balaban J connectivity index is 1.59. The minimum Gasteiger partial charge on any atom is -0.364 e. The highest BCUT2D eigenvalue weighted by Gasteiger charge is 2.34. The number of fused-ring (bicyclic) bond motifs is 1. The predicted molar refractivity (Wildman–Crippen MR) is 95.6 cm³/mol. The maximum absolute atomic E-state index is 13.6. The van der Waals surface area contributed by atoms with Crippen LogP contribution >= 0.6 is 0 Å². The van der Waals surface area contributed by atoms with Gasteiger partial charge in [-0.1, -0.05) is 11.2 Å². The van der Waals surface area contributed by atoms with E-state index in [0.717, 1.165) is 5.56 Å². The molecule has 1 aromatic carbocycles. The first-order valence-electron chi connectivity index (χ1n) is 8.25. The monoisotopic (exact) mass is 409 g/mol. The Hall–Kier alpha value is -3.06. The van der Waals surface area contributed by atoms with E-state index in [1.165, 1.54) is 23.0 Å². The van der Waals surface area contributed by atoms with Crippen molar-refractivity contribution >= 4 is 15.7 Å². The number of benzene rings is 1. The summed E-state index contributed by atoms with van der Waals surface area (Å²) >= 11 is 0. The molecule has 0 saturated heterocycles. The zero-order valence-electron chi connectivity index (χ0n) is 14.6. The molecular weight excluding hydrogens is 393 g/mol. The standard InChI is InChI=1S/C15H16FN7O4S/c1-28(17,25)19-5-4-18-13-12(20-27-21-13)14-22-26-15(24)23(14)11-6-8-2-3-9(16)7-10(8)11/h2-3,7,11H,4-6H2,1H3,(H,18,21)(H2,17,19,25)/t11-,28?/m0/s1. The minimum atomic E-state index is -2.82. The molecule has 0 saturated carbocycles. The number of hydrogen-bond donors (Lipinski definition) is 3. The third-order valence-corrected chi connectivity index (χ3v) is 5.08. The number of nitrogens with one attached hydrogen (secondary N) is 3. The lowest BCUT2D eigenvalue weighted by Gasteiger charge is -2.30. The van der Waals surface area contributed by atoms with Gasteiger partial charge in [0.25, 0.3) is 0 Å². The average molecular weight is 409 g/mol. The second kappa shape index (κ2) is 6.83. The van der Waals surface area contributed by atoms with Crippen molar-refractivity contribution in [2.75, 3.05) is 24.7 Å². The van der Waals surface area contributed by atoms with Gasteiger partial charge in [0, 0.05) is 19.3 Å². The van der Waals surface area contributed by atoms with Crippen molar-refractivity contribution in [3.8, 4) is 11.5 Å². The van der Waals surface area contributed by atoms with E-state index in [0.29, 0.717) is 12.0 Å². The van der Waals surface area contributed by atoms with Crippen LogP contribution in [0.25, 0.3) is 11.5 Å². The van der Waals surface area contributed by atoms with Crippen molar-refractivity contribution < 1.29 is 17.8 Å². The van der Waals surface area contributed by atoms with E-state index < -0.39 is 27.5 Å². The topological polar surface area (TPSA) is 152 Å². The van der Waals surface area contributed by atoms with Crippen LogP contribution in [0.15, 0.2) is 32.1 Å². The molecule has 0 aliphatic heterocycles. The molecule has 1 unspecified atom stereocenters. The van der Waals surface area contributed by atoms with Crippen LogP contribution in [0.1, 0.15) is 17.2 Å². The van der Waals surface area contributed by atoms with Crippen LogP contribution in [0, 0.1) is 10.6 Å². The molecule has 0 fully saturated rings. The zero-order valence-corrected chi connectivity index (χ0v) is 15.5. The molecule has 0 radical (unpaired) electrons. The summed E-state index contributed by atoms with van der Waals surface area (Å²) in [6.45, 7) is 0.497. The summed E-state index contributed by atoms with van der Waals surface area (Å²) in [6, 6.07) is 3.99. The molecule has 4 rings (SSSR count). The molecule has 2 aromatic heterocycles. The van der Waals surface area contributed by atoms with Gasteiger partial charge in [0.05, 0.1) is 6.04 Å². The second-order valence-corrected chi connectivity index (χ2v) is 8.31. The van der Waals surface area contributed by atoms with Gasteiger partial charge in [0.15, 0.2) is 5.69 Å². The third-order valence-electron chi connectivity index (χ3n) is 4.32. The number of nitrogens with zero attached hydrogens (tertiary/aromatic N) is 4. The van der Waals surface area contributed by atoms with E-state index in [1.54, 1.807) is 6.07 Å². The van der Waals surface area contributed by atoms with Crippen molar-refractivity contribution in [3.05, 3.63) is 45.7 Å². The van der Waals surface area contributed by atoms with Gasteiger partial charge < -0.3 is 5.32 Å². The maximum Gasteiger partial charge on any atom is 0.442 e. The molecule has 3 aromatic rings. The van der Waals surface area contributed by atoms with Gasteiger partial charge in [-0.15, -0.1) is 0 Å². The second-order valence-electron chi connectivity index (χ2n) is 6.33. The fourth-order valence-corrected chi connectivity index (χ4v) is 3.54. The molecule has 28 heavy (non-hydrogen) atoms. The Morgan fingerprint density at radius 1 is 1.36 bits per heavy atom. The van der Waals surface area contributed by atoms with Crippen molar-refractivity contribution in [2.24, 2.45) is 0 Å². The van der Waals surface area contributed by atoms with Gasteiger partial charge >= 0.3 is 5.76 Å². The fraction of sp³-hybridized carbons (Fsp3) is 0.333. The Kier molecular flexibility index (Phi) is 4.47. The smallest absolute Gasteiger partial charge is 0.364 e. The highest BCUT2D eigenvalue weighted by Crippen LogP contribution is 2.38. The van der Waals surface area contributed by atoms with E-state index in [9.17, 15) is 13.4 Å². The normalized spacial score (nSPS) is 17.6. The van der Waals surface area contributed by atoms with Crippen LogP contribution in [-0.2, 0) is 16.3 Å². The largest absolute Gasteiger partial charge is 0.442 e. The van der Waals surface area contributed by atoms with E-state index in [2.05, 4.69) is 25.5 Å². The van der Waals surface area contributed by atoms with Crippen molar-refractivity contribution in [1.29, 1.82) is 4.78 Å². The van der Waals surface area contributed by atoms with E-state index >= 15 is 0 Å². The highest BCUT2D eigenvalue weighted by atomic mass is 32.2. The predicted octanol–water partition coefficient (Wildman–Crippen LogP) is 0.764. The summed E-state index contributed by atoms with van der Waals surface area (Å²) in [6.07, 6.45) is 1.79. The maximum atomic E-state index is 13.6. The van der Waals surface area contributed by atoms with Gasteiger partial charge in [0.1, 0.15) is 15.7 Å². The lowest BCUT2D eigenvalue weighted by atomic mass is 9.83. The highest BCUT2D eigenvalue weighted by molar-refractivity contribution is 7.89. The SMILES string of the molecule is CS(=N)(=O)NCCNc1nonc1-c1noc(=O)n1[C@H]1Cc2ccc(F)cc21. The van der Waals surface area contributed by atoms with Crippen molar-refractivity contribution in [1.82, 2.24) is 24.8 Å². The number of anilines is 1. The number of aromatic nitrogens is 4. The van der Waals surface area contributed by atoms with E-state index in [1.807, 2.05) is 0 Å². The van der Waals surface area contributed by atoms with Gasteiger partial charge in [-0.25, -0.2) is 32.1 Å². The first-order valence-corrected chi connectivity index (χ1v) is 10.2. The Labute approximate surface area is 158 Å². The molecule has 0 spiro atoms. The summed E-state index contributed by atoms with van der Waals surface area (Å²) in [4.78, 5) is 12.2. The minimum absolute atomic E-state index is 0.0985. The molecule has 148 valence electrons. The number of halogens is 1. The zero-order chi connectivity index (χ0) is 19.9. The lowest BCUT2D eigenvalue weighted by Crippen LogP contribution is -2.31. The van der Waals surface area contributed by atoms with Gasteiger partial charge in [-0.2, -0.15) is 0 Å². The first kappa shape index (κ1) is 18.3. The molecule has 3 N–H and O–H groups in total. The third kappa shape index (κ3) is 3.41. The molecule has 1 aliphatic carbocycles. The van der Waals surface area contributed by atoms with E-state index in [4.69, 9.17) is 13.9 Å². The van der Waals surface area contributed by atoms with Crippen LogP contribution in [0.3, 0.4) is 0 Å². The number of hydrogen-bond acceptors (Lipinski definition) is 9. The molecule has 2 atom stereocenters. The molecule has 13 heteroatoms. The molecule has 0 amide bonds. The summed E-state index contributed by atoms with van der Waals surface area (Å²) in [7, 11) is -2.82. The summed E-state index contributed by atoms with van der Waals surface area (Å²) in [5, 5.41) is 14.2.